The summed E-state index contributed by atoms with van der Waals surface area (Å²) in [7, 11) is 1.49. The van der Waals surface area contributed by atoms with Gasteiger partial charge in [0.1, 0.15) is 5.75 Å². The van der Waals surface area contributed by atoms with Crippen molar-refractivity contribution in [3.8, 4) is 17.1 Å². The highest BCUT2D eigenvalue weighted by atomic mass is 35.5. The van der Waals surface area contributed by atoms with Crippen molar-refractivity contribution in [3.05, 3.63) is 34.5 Å². The summed E-state index contributed by atoms with van der Waals surface area (Å²) in [5, 5.41) is 12.8. The van der Waals surface area contributed by atoms with Gasteiger partial charge < -0.3 is 14.4 Å². The molecule has 2 rings (SSSR count). The molecule has 0 unspecified atom stereocenters. The third-order valence-electron chi connectivity index (χ3n) is 2.93. The largest absolute Gasteiger partial charge is 0.494 e. The molecule has 0 aliphatic heterocycles. The molecule has 0 atom stereocenters. The number of hydrogen-bond donors (Lipinski definition) is 1. The molecule has 0 bridgehead atoms. The number of carboxylic acid groups (broad SMARTS) is 1. The third-order valence-corrected chi connectivity index (χ3v) is 3.21. The van der Waals surface area contributed by atoms with Gasteiger partial charge in [0.15, 0.2) is 11.5 Å². The van der Waals surface area contributed by atoms with Gasteiger partial charge in [-0.3, -0.25) is 0 Å². The van der Waals surface area contributed by atoms with E-state index in [0.29, 0.717) is 22.1 Å². The fourth-order valence-electron chi connectivity index (χ4n) is 1.84. The number of ether oxygens (including phenoxy) is 1. The number of halogens is 1. The first-order chi connectivity index (χ1) is 9.43. The summed E-state index contributed by atoms with van der Waals surface area (Å²) in [5.41, 5.74) is 1.43. The molecular formula is C14H14ClNO4. The van der Waals surface area contributed by atoms with Gasteiger partial charge in [-0.1, -0.05) is 30.6 Å². The molecule has 2 aromatic rings. The summed E-state index contributed by atoms with van der Waals surface area (Å²) < 4.78 is 10.3. The Labute approximate surface area is 121 Å². The highest BCUT2D eigenvalue weighted by Crippen LogP contribution is 2.39. The molecule has 1 aromatic heterocycles. The predicted molar refractivity (Wildman–Crippen MR) is 74.5 cm³/mol. The number of aromatic carboxylic acids is 1. The van der Waals surface area contributed by atoms with E-state index in [1.165, 1.54) is 13.2 Å². The Kier molecular flexibility index (Phi) is 3.99. The molecule has 5 nitrogen and oxygen atoms in total. The van der Waals surface area contributed by atoms with Gasteiger partial charge >= 0.3 is 5.97 Å². The first-order valence-corrected chi connectivity index (χ1v) is 6.39. The highest BCUT2D eigenvalue weighted by molar-refractivity contribution is 6.32. The van der Waals surface area contributed by atoms with Crippen molar-refractivity contribution >= 4 is 17.6 Å². The van der Waals surface area contributed by atoms with Gasteiger partial charge in [0.25, 0.3) is 0 Å². The van der Waals surface area contributed by atoms with Crippen LogP contribution in [0.1, 0.15) is 35.8 Å². The van der Waals surface area contributed by atoms with E-state index in [2.05, 4.69) is 5.16 Å². The summed E-state index contributed by atoms with van der Waals surface area (Å²) >= 11 is 6.19. The number of carbonyl (C=O) groups is 1. The van der Waals surface area contributed by atoms with Gasteiger partial charge in [-0.15, -0.1) is 0 Å². The molecule has 0 fully saturated rings. The number of benzene rings is 1. The average Bonchev–Trinajstić information content (AvgIpc) is 2.87. The molecule has 0 amide bonds. The molecule has 106 valence electrons. The van der Waals surface area contributed by atoms with Crippen LogP contribution in [0.3, 0.4) is 0 Å². The Hall–Kier alpha value is -2.01. The van der Waals surface area contributed by atoms with E-state index in [4.69, 9.17) is 26.0 Å². The number of carboxylic acids is 1. The van der Waals surface area contributed by atoms with E-state index >= 15 is 0 Å². The van der Waals surface area contributed by atoms with E-state index in [0.717, 1.165) is 5.56 Å². The van der Waals surface area contributed by atoms with Gasteiger partial charge in [0.05, 0.1) is 17.7 Å². The predicted octanol–water partition coefficient (Wildman–Crippen LogP) is 3.83. The molecule has 0 aliphatic carbocycles. The first kappa shape index (κ1) is 14.4. The lowest BCUT2D eigenvalue weighted by atomic mass is 9.99. The second-order valence-corrected chi connectivity index (χ2v) is 5.03. The number of rotatable bonds is 4. The van der Waals surface area contributed by atoms with E-state index in [1.807, 2.05) is 26.0 Å². The maximum absolute atomic E-state index is 10.9. The maximum atomic E-state index is 10.9. The zero-order valence-electron chi connectivity index (χ0n) is 11.3. The van der Waals surface area contributed by atoms with Crippen molar-refractivity contribution in [2.75, 3.05) is 7.11 Å². The van der Waals surface area contributed by atoms with Gasteiger partial charge in [-0.05, 0) is 23.6 Å². The minimum atomic E-state index is -1.15. The normalized spacial score (nSPS) is 10.8. The summed E-state index contributed by atoms with van der Waals surface area (Å²) in [5.74, 6) is -0.142. The smallest absolute Gasteiger partial charge is 0.358 e. The Balaban J connectivity index is 2.60. The van der Waals surface area contributed by atoms with Crippen molar-refractivity contribution in [1.29, 1.82) is 0 Å². The molecule has 0 saturated carbocycles. The van der Waals surface area contributed by atoms with Crippen molar-refractivity contribution in [3.63, 3.8) is 0 Å². The molecule has 0 saturated heterocycles. The second kappa shape index (κ2) is 5.54. The molecule has 0 spiro atoms. The zero-order chi connectivity index (χ0) is 14.9. The van der Waals surface area contributed by atoms with Crippen LogP contribution in [0.5, 0.6) is 5.75 Å². The van der Waals surface area contributed by atoms with Crippen LogP contribution in [0.25, 0.3) is 11.3 Å². The van der Waals surface area contributed by atoms with Gasteiger partial charge in [0, 0.05) is 6.07 Å². The van der Waals surface area contributed by atoms with Crippen LogP contribution in [0.2, 0.25) is 5.02 Å². The molecule has 0 aliphatic rings. The standard InChI is InChI=1S/C14H14ClNO4/c1-7(2)8-4-9(13(19-3)10(15)5-8)12-6-11(14(17)18)16-20-12/h4-7H,1-3H3,(H,17,18). The zero-order valence-corrected chi connectivity index (χ0v) is 12.1. The van der Waals surface area contributed by atoms with Crippen LogP contribution < -0.4 is 4.74 Å². The molecule has 0 radical (unpaired) electrons. The molecule has 6 heteroatoms. The Morgan fingerprint density at radius 2 is 2.10 bits per heavy atom. The Bertz CT molecular complexity index is 649. The van der Waals surface area contributed by atoms with Crippen LogP contribution in [-0.2, 0) is 0 Å². The molecule has 1 aromatic carbocycles. The van der Waals surface area contributed by atoms with E-state index in [1.54, 1.807) is 0 Å². The van der Waals surface area contributed by atoms with Crippen LogP contribution in [0.15, 0.2) is 22.7 Å². The first-order valence-electron chi connectivity index (χ1n) is 6.01. The molecule has 1 N–H and O–H groups in total. The summed E-state index contributed by atoms with van der Waals surface area (Å²) in [6.45, 7) is 4.07. The molecule has 20 heavy (non-hydrogen) atoms. The minimum absolute atomic E-state index is 0.159. The summed E-state index contributed by atoms with van der Waals surface area (Å²) in [6.07, 6.45) is 0. The van der Waals surface area contributed by atoms with Crippen molar-refractivity contribution < 1.29 is 19.2 Å². The monoisotopic (exact) mass is 295 g/mol. The highest BCUT2D eigenvalue weighted by Gasteiger charge is 2.19. The summed E-state index contributed by atoms with van der Waals surface area (Å²) in [4.78, 5) is 10.9. The van der Waals surface area contributed by atoms with Crippen molar-refractivity contribution in [1.82, 2.24) is 5.16 Å². The van der Waals surface area contributed by atoms with Crippen LogP contribution in [0, 0.1) is 0 Å². The van der Waals surface area contributed by atoms with Gasteiger partial charge in [0.2, 0.25) is 0 Å². The number of methoxy groups -OCH3 is 1. The topological polar surface area (TPSA) is 72.6 Å². The lowest BCUT2D eigenvalue weighted by Crippen LogP contribution is -1.95. The fraction of sp³-hybridized carbons (Fsp3) is 0.286. The average molecular weight is 296 g/mol. The van der Waals surface area contributed by atoms with Crippen LogP contribution in [-0.4, -0.2) is 23.3 Å². The summed E-state index contributed by atoms with van der Waals surface area (Å²) in [6, 6.07) is 5.03. The number of hydrogen-bond acceptors (Lipinski definition) is 4. The third kappa shape index (κ3) is 2.63. The van der Waals surface area contributed by atoms with Crippen LogP contribution >= 0.6 is 11.6 Å². The fourth-order valence-corrected chi connectivity index (χ4v) is 2.15. The van der Waals surface area contributed by atoms with Gasteiger partial charge in [-0.2, -0.15) is 0 Å². The number of nitrogens with zero attached hydrogens (tertiary/aromatic N) is 1. The second-order valence-electron chi connectivity index (χ2n) is 4.62. The van der Waals surface area contributed by atoms with Crippen molar-refractivity contribution in [2.24, 2.45) is 0 Å². The molecule has 1 heterocycles. The lowest BCUT2D eigenvalue weighted by molar-refractivity contribution is 0.0686. The van der Waals surface area contributed by atoms with E-state index in [-0.39, 0.29) is 11.6 Å². The van der Waals surface area contributed by atoms with Crippen molar-refractivity contribution in [2.45, 2.75) is 19.8 Å². The van der Waals surface area contributed by atoms with Gasteiger partial charge in [-0.25, -0.2) is 4.79 Å². The molecular weight excluding hydrogens is 282 g/mol. The van der Waals surface area contributed by atoms with E-state index in [9.17, 15) is 4.79 Å². The Morgan fingerprint density at radius 1 is 1.40 bits per heavy atom. The van der Waals surface area contributed by atoms with Crippen LogP contribution in [0.4, 0.5) is 0 Å². The maximum Gasteiger partial charge on any atom is 0.358 e. The number of aromatic nitrogens is 1. The van der Waals surface area contributed by atoms with E-state index < -0.39 is 5.97 Å². The lowest BCUT2D eigenvalue weighted by Gasteiger charge is -2.12. The minimum Gasteiger partial charge on any atom is -0.494 e. The quantitative estimate of drug-likeness (QED) is 0.928. The SMILES string of the molecule is COc1c(Cl)cc(C(C)C)cc1-c1cc(C(=O)O)no1. The Morgan fingerprint density at radius 3 is 2.60 bits per heavy atom.